The topological polar surface area (TPSA) is 73.1 Å². The highest BCUT2D eigenvalue weighted by molar-refractivity contribution is 5.95. The Hall–Kier alpha value is -2.02. The van der Waals surface area contributed by atoms with E-state index in [4.69, 9.17) is 10.4 Å². The number of nitriles is 1. The lowest BCUT2D eigenvalue weighted by Crippen LogP contribution is -2.28. The van der Waals surface area contributed by atoms with Crippen LogP contribution in [0.2, 0.25) is 0 Å². The minimum atomic E-state index is -0.959. The predicted molar refractivity (Wildman–Crippen MR) is 64.1 cm³/mol. The fraction of sp³-hybridized carbons (Fsp3) is 0.385. The Kier molecular flexibility index (Phi) is 3.01. The van der Waals surface area contributed by atoms with Gasteiger partial charge in [0.25, 0.3) is 0 Å². The Bertz CT molecular complexity index is 499. The van der Waals surface area contributed by atoms with Crippen LogP contribution >= 0.6 is 0 Å². The van der Waals surface area contributed by atoms with Crippen LogP contribution in [0.25, 0.3) is 0 Å². The van der Waals surface area contributed by atoms with Crippen LogP contribution in [-0.4, -0.2) is 17.1 Å². The number of carboxylic acid groups (broad SMARTS) is 1. The number of hydrogen-bond acceptors (Lipinski definition) is 3. The number of carboxylic acids is 1. The number of anilines is 1. The third-order valence-electron chi connectivity index (χ3n) is 3.27. The van der Waals surface area contributed by atoms with Gasteiger partial charge in [0.05, 0.1) is 22.9 Å². The van der Waals surface area contributed by atoms with Crippen LogP contribution in [0, 0.1) is 18.3 Å². The summed E-state index contributed by atoms with van der Waals surface area (Å²) in [6.07, 6.45) is 3.31. The fourth-order valence-corrected chi connectivity index (χ4v) is 1.95. The maximum Gasteiger partial charge on any atom is 0.337 e. The van der Waals surface area contributed by atoms with Crippen molar-refractivity contribution in [2.45, 2.75) is 32.2 Å². The van der Waals surface area contributed by atoms with Crippen molar-refractivity contribution in [2.24, 2.45) is 0 Å². The summed E-state index contributed by atoms with van der Waals surface area (Å²) in [7, 11) is 0. The number of aromatic carboxylic acids is 1. The molecule has 0 unspecified atom stereocenters. The van der Waals surface area contributed by atoms with E-state index in [1.54, 1.807) is 13.0 Å². The fourth-order valence-electron chi connectivity index (χ4n) is 1.95. The van der Waals surface area contributed by atoms with Crippen LogP contribution in [-0.2, 0) is 0 Å². The van der Waals surface area contributed by atoms with Crippen molar-refractivity contribution in [1.29, 1.82) is 5.26 Å². The molecule has 1 aromatic carbocycles. The van der Waals surface area contributed by atoms with Gasteiger partial charge in [0.2, 0.25) is 0 Å². The van der Waals surface area contributed by atoms with E-state index in [1.165, 1.54) is 12.5 Å². The molecule has 1 aliphatic carbocycles. The number of nitrogens with zero attached hydrogens (tertiary/aromatic N) is 1. The smallest absolute Gasteiger partial charge is 0.337 e. The Morgan fingerprint density at radius 3 is 2.71 bits per heavy atom. The van der Waals surface area contributed by atoms with Crippen molar-refractivity contribution in [3.8, 4) is 6.07 Å². The van der Waals surface area contributed by atoms with Crippen molar-refractivity contribution in [3.63, 3.8) is 0 Å². The van der Waals surface area contributed by atoms with E-state index in [9.17, 15) is 4.79 Å². The second kappa shape index (κ2) is 4.46. The lowest BCUT2D eigenvalue weighted by molar-refractivity contribution is 0.0697. The SMILES string of the molecule is Cc1c(C#N)ccc(C(=O)O)c1NC1CCC1. The zero-order chi connectivity index (χ0) is 12.4. The highest BCUT2D eigenvalue weighted by atomic mass is 16.4. The molecule has 0 spiro atoms. The van der Waals surface area contributed by atoms with Crippen molar-refractivity contribution >= 4 is 11.7 Å². The molecule has 1 aromatic rings. The number of nitrogens with one attached hydrogen (secondary N) is 1. The van der Waals surface area contributed by atoms with Gasteiger partial charge in [-0.15, -0.1) is 0 Å². The predicted octanol–water partition coefficient (Wildman–Crippen LogP) is 2.53. The van der Waals surface area contributed by atoms with Crippen molar-refractivity contribution in [2.75, 3.05) is 5.32 Å². The molecule has 0 bridgehead atoms. The summed E-state index contributed by atoms with van der Waals surface area (Å²) in [6, 6.07) is 5.48. The Balaban J connectivity index is 2.43. The lowest BCUT2D eigenvalue weighted by atomic mass is 9.91. The highest BCUT2D eigenvalue weighted by Gasteiger charge is 2.22. The standard InChI is InChI=1S/C13H14N2O2/c1-8-9(7-14)5-6-11(13(16)17)12(8)15-10-3-2-4-10/h5-6,10,15H,2-4H2,1H3,(H,16,17). The first kappa shape index (κ1) is 11.5. The quantitative estimate of drug-likeness (QED) is 0.836. The average Bonchev–Trinajstić information content (AvgIpc) is 2.24. The van der Waals surface area contributed by atoms with Gasteiger partial charge in [0, 0.05) is 6.04 Å². The molecule has 0 radical (unpaired) electrons. The number of hydrogen-bond donors (Lipinski definition) is 2. The molecule has 1 saturated carbocycles. The Morgan fingerprint density at radius 1 is 1.53 bits per heavy atom. The summed E-state index contributed by atoms with van der Waals surface area (Å²) in [4.78, 5) is 11.1. The Morgan fingerprint density at radius 2 is 2.24 bits per heavy atom. The molecule has 0 saturated heterocycles. The first-order valence-corrected chi connectivity index (χ1v) is 5.67. The maximum absolute atomic E-state index is 11.1. The minimum absolute atomic E-state index is 0.244. The van der Waals surface area contributed by atoms with Gasteiger partial charge in [-0.1, -0.05) is 0 Å². The van der Waals surface area contributed by atoms with Crippen molar-refractivity contribution < 1.29 is 9.90 Å². The molecule has 4 nitrogen and oxygen atoms in total. The van der Waals surface area contributed by atoms with Crippen LogP contribution < -0.4 is 5.32 Å². The van der Waals surface area contributed by atoms with E-state index >= 15 is 0 Å². The van der Waals surface area contributed by atoms with Gasteiger partial charge in [-0.25, -0.2) is 4.79 Å². The summed E-state index contributed by atoms with van der Waals surface area (Å²) >= 11 is 0. The zero-order valence-corrected chi connectivity index (χ0v) is 9.66. The summed E-state index contributed by atoms with van der Waals surface area (Å²) in [5.74, 6) is -0.959. The van der Waals surface area contributed by atoms with E-state index in [0.29, 0.717) is 17.3 Å². The van der Waals surface area contributed by atoms with Gasteiger partial charge in [0.15, 0.2) is 0 Å². The Labute approximate surface area is 99.9 Å². The molecule has 2 N–H and O–H groups in total. The lowest BCUT2D eigenvalue weighted by Gasteiger charge is -2.29. The van der Waals surface area contributed by atoms with Gasteiger partial charge in [-0.3, -0.25) is 0 Å². The van der Waals surface area contributed by atoms with E-state index in [0.717, 1.165) is 18.4 Å². The molecule has 1 aliphatic rings. The van der Waals surface area contributed by atoms with Crippen LogP contribution in [0.5, 0.6) is 0 Å². The third kappa shape index (κ3) is 2.09. The minimum Gasteiger partial charge on any atom is -0.478 e. The normalized spacial score (nSPS) is 14.8. The summed E-state index contributed by atoms with van der Waals surface area (Å²) in [5.41, 5.74) is 2.09. The van der Waals surface area contributed by atoms with E-state index in [-0.39, 0.29) is 5.56 Å². The molecule has 0 heterocycles. The zero-order valence-electron chi connectivity index (χ0n) is 9.66. The largest absolute Gasteiger partial charge is 0.478 e. The second-order valence-electron chi connectivity index (χ2n) is 4.35. The number of rotatable bonds is 3. The number of benzene rings is 1. The molecule has 0 aliphatic heterocycles. The van der Waals surface area contributed by atoms with Crippen molar-refractivity contribution in [1.82, 2.24) is 0 Å². The summed E-state index contributed by atoms with van der Waals surface area (Å²) < 4.78 is 0. The van der Waals surface area contributed by atoms with Gasteiger partial charge < -0.3 is 10.4 Å². The molecule has 88 valence electrons. The van der Waals surface area contributed by atoms with Gasteiger partial charge in [-0.05, 0) is 43.9 Å². The van der Waals surface area contributed by atoms with E-state index < -0.39 is 5.97 Å². The average molecular weight is 230 g/mol. The first-order chi connectivity index (χ1) is 8.13. The first-order valence-electron chi connectivity index (χ1n) is 5.67. The van der Waals surface area contributed by atoms with Gasteiger partial charge in [0.1, 0.15) is 0 Å². The second-order valence-corrected chi connectivity index (χ2v) is 4.35. The molecule has 0 aromatic heterocycles. The third-order valence-corrected chi connectivity index (χ3v) is 3.27. The number of carbonyl (C=O) groups is 1. The van der Waals surface area contributed by atoms with Gasteiger partial charge >= 0.3 is 5.97 Å². The van der Waals surface area contributed by atoms with Crippen LogP contribution in [0.3, 0.4) is 0 Å². The van der Waals surface area contributed by atoms with Gasteiger partial charge in [-0.2, -0.15) is 5.26 Å². The highest BCUT2D eigenvalue weighted by Crippen LogP contribution is 2.29. The van der Waals surface area contributed by atoms with Crippen LogP contribution in [0.1, 0.15) is 40.7 Å². The molecule has 0 atom stereocenters. The molecule has 1 fully saturated rings. The molecular formula is C13H14N2O2. The molecular weight excluding hydrogens is 216 g/mol. The summed E-state index contributed by atoms with van der Waals surface area (Å²) in [6.45, 7) is 1.78. The molecule has 4 heteroatoms. The maximum atomic E-state index is 11.1. The molecule has 2 rings (SSSR count). The summed E-state index contributed by atoms with van der Waals surface area (Å²) in [5, 5.41) is 21.3. The molecule has 17 heavy (non-hydrogen) atoms. The molecule has 0 amide bonds. The van der Waals surface area contributed by atoms with Crippen LogP contribution in [0.15, 0.2) is 12.1 Å². The van der Waals surface area contributed by atoms with E-state index in [2.05, 4.69) is 11.4 Å². The monoisotopic (exact) mass is 230 g/mol. The van der Waals surface area contributed by atoms with Crippen LogP contribution in [0.4, 0.5) is 5.69 Å². The van der Waals surface area contributed by atoms with E-state index in [1.807, 2.05) is 0 Å². The van der Waals surface area contributed by atoms with Crippen molar-refractivity contribution in [3.05, 3.63) is 28.8 Å².